The fourth-order valence-corrected chi connectivity index (χ4v) is 4.96. The summed E-state index contributed by atoms with van der Waals surface area (Å²) in [4.78, 5) is 19.5. The van der Waals surface area contributed by atoms with E-state index in [0.29, 0.717) is 5.92 Å². The van der Waals surface area contributed by atoms with Crippen molar-refractivity contribution in [1.82, 2.24) is 29.4 Å². The van der Waals surface area contributed by atoms with Crippen LogP contribution in [-0.4, -0.2) is 55.6 Å². The standard InChI is InChI=1S/C26H29N7O/c1-2-6-24-22(5-1)29-25(33(24)18-20-4-3-15-34-20)16-19-8-12-32(13-9-19)14-11-28-26-30-21-7-10-27-17-23(21)31-26/h1-7,10,15,17,19H,8-9,11-14,16,18H2,(H2,28,30,31). The number of furan rings is 1. The highest BCUT2D eigenvalue weighted by molar-refractivity contribution is 5.76. The van der Waals surface area contributed by atoms with Crippen molar-refractivity contribution in [3.8, 4) is 0 Å². The molecular weight excluding hydrogens is 426 g/mol. The normalized spacial score (nSPS) is 15.4. The van der Waals surface area contributed by atoms with Crippen molar-refractivity contribution >= 4 is 28.0 Å². The predicted octanol–water partition coefficient (Wildman–Crippen LogP) is 4.32. The molecule has 0 unspecified atom stereocenters. The minimum Gasteiger partial charge on any atom is -0.467 e. The van der Waals surface area contributed by atoms with Crippen molar-refractivity contribution in [2.45, 2.75) is 25.8 Å². The van der Waals surface area contributed by atoms with Crippen LogP contribution in [0, 0.1) is 5.92 Å². The number of aromatic nitrogens is 5. The van der Waals surface area contributed by atoms with Gasteiger partial charge in [0, 0.05) is 25.7 Å². The third-order valence-electron chi connectivity index (χ3n) is 6.81. The molecule has 1 aliphatic rings. The lowest BCUT2D eigenvalue weighted by atomic mass is 9.93. The first-order valence-corrected chi connectivity index (χ1v) is 12.0. The second-order valence-corrected chi connectivity index (χ2v) is 9.08. The van der Waals surface area contributed by atoms with Gasteiger partial charge >= 0.3 is 0 Å². The van der Waals surface area contributed by atoms with E-state index in [4.69, 9.17) is 9.40 Å². The molecule has 0 amide bonds. The van der Waals surface area contributed by atoms with Gasteiger partial charge < -0.3 is 24.2 Å². The van der Waals surface area contributed by atoms with Crippen molar-refractivity contribution in [2.24, 2.45) is 5.92 Å². The van der Waals surface area contributed by atoms with Gasteiger partial charge in [0.2, 0.25) is 5.95 Å². The number of benzene rings is 1. The molecule has 8 nitrogen and oxygen atoms in total. The van der Waals surface area contributed by atoms with Crippen LogP contribution in [0.15, 0.2) is 65.5 Å². The third-order valence-corrected chi connectivity index (χ3v) is 6.81. The molecule has 0 aliphatic carbocycles. The molecule has 2 N–H and O–H groups in total. The van der Waals surface area contributed by atoms with Crippen LogP contribution >= 0.6 is 0 Å². The topological polar surface area (TPSA) is 87.8 Å². The molecule has 1 aromatic carbocycles. The van der Waals surface area contributed by atoms with Crippen LogP contribution in [0.4, 0.5) is 5.95 Å². The van der Waals surface area contributed by atoms with Crippen LogP contribution in [0.5, 0.6) is 0 Å². The molecule has 0 atom stereocenters. The van der Waals surface area contributed by atoms with Crippen molar-refractivity contribution in [3.05, 3.63) is 72.7 Å². The van der Waals surface area contributed by atoms with Gasteiger partial charge in [0.15, 0.2) is 0 Å². The number of H-pyrrole nitrogens is 1. The molecule has 4 aromatic heterocycles. The summed E-state index contributed by atoms with van der Waals surface area (Å²) in [6.07, 6.45) is 8.70. The highest BCUT2D eigenvalue weighted by Gasteiger charge is 2.22. The maximum absolute atomic E-state index is 5.63. The SMILES string of the molecule is c1coc(Cn2c(CC3CCN(CCNc4nc5cnccc5[nH]4)CC3)nc3ccccc32)c1. The Kier molecular flexibility index (Phi) is 5.73. The molecule has 1 saturated heterocycles. The van der Waals surface area contributed by atoms with Gasteiger partial charge in [0.25, 0.3) is 0 Å². The molecule has 0 radical (unpaired) electrons. The maximum Gasteiger partial charge on any atom is 0.201 e. The smallest absolute Gasteiger partial charge is 0.201 e. The fourth-order valence-electron chi connectivity index (χ4n) is 4.96. The number of para-hydroxylation sites is 2. The van der Waals surface area contributed by atoms with E-state index in [1.54, 1.807) is 18.7 Å². The number of hydrogen-bond donors (Lipinski definition) is 2. The van der Waals surface area contributed by atoms with Crippen LogP contribution in [-0.2, 0) is 13.0 Å². The predicted molar refractivity (Wildman–Crippen MR) is 133 cm³/mol. The van der Waals surface area contributed by atoms with E-state index in [-0.39, 0.29) is 0 Å². The first kappa shape index (κ1) is 20.9. The summed E-state index contributed by atoms with van der Waals surface area (Å²) >= 11 is 0. The van der Waals surface area contributed by atoms with E-state index in [1.165, 1.54) is 18.4 Å². The molecule has 8 heteroatoms. The molecule has 34 heavy (non-hydrogen) atoms. The highest BCUT2D eigenvalue weighted by Crippen LogP contribution is 2.25. The zero-order chi connectivity index (χ0) is 22.7. The number of nitrogens with zero attached hydrogens (tertiary/aromatic N) is 5. The lowest BCUT2D eigenvalue weighted by Crippen LogP contribution is -2.37. The number of hydrogen-bond acceptors (Lipinski definition) is 6. The molecule has 5 aromatic rings. The third kappa shape index (κ3) is 4.41. The first-order chi connectivity index (χ1) is 16.8. The minimum absolute atomic E-state index is 0.652. The van der Waals surface area contributed by atoms with Crippen LogP contribution in [0.25, 0.3) is 22.1 Å². The van der Waals surface area contributed by atoms with Crippen molar-refractivity contribution in [2.75, 3.05) is 31.5 Å². The molecule has 5 heterocycles. The summed E-state index contributed by atoms with van der Waals surface area (Å²) in [6.45, 7) is 4.85. The lowest BCUT2D eigenvalue weighted by Gasteiger charge is -2.31. The summed E-state index contributed by atoms with van der Waals surface area (Å²) in [5, 5.41) is 3.42. The first-order valence-electron chi connectivity index (χ1n) is 12.0. The number of piperidine rings is 1. The average Bonchev–Trinajstić information content (AvgIpc) is 3.60. The monoisotopic (exact) mass is 455 g/mol. The van der Waals surface area contributed by atoms with E-state index in [2.05, 4.69) is 54.0 Å². The Balaban J connectivity index is 1.04. The maximum atomic E-state index is 5.63. The van der Waals surface area contributed by atoms with Gasteiger partial charge in [0.1, 0.15) is 17.1 Å². The van der Waals surface area contributed by atoms with Gasteiger partial charge in [0.05, 0.1) is 35.6 Å². The Bertz CT molecular complexity index is 1330. The summed E-state index contributed by atoms with van der Waals surface area (Å²) in [5.74, 6) is 3.59. The number of aromatic amines is 1. The fraction of sp³-hybridized carbons (Fsp3) is 0.346. The number of nitrogens with one attached hydrogen (secondary N) is 2. The Hall–Kier alpha value is -3.65. The van der Waals surface area contributed by atoms with Crippen molar-refractivity contribution in [1.29, 1.82) is 0 Å². The minimum atomic E-state index is 0.652. The number of anilines is 1. The summed E-state index contributed by atoms with van der Waals surface area (Å²) in [6, 6.07) is 14.3. The molecule has 6 rings (SSSR count). The molecule has 174 valence electrons. The zero-order valence-electron chi connectivity index (χ0n) is 19.2. The van der Waals surface area contributed by atoms with E-state index >= 15 is 0 Å². The van der Waals surface area contributed by atoms with Crippen LogP contribution in [0.1, 0.15) is 24.4 Å². The van der Waals surface area contributed by atoms with E-state index in [1.807, 2.05) is 18.2 Å². The quantitative estimate of drug-likeness (QED) is 0.362. The Morgan fingerprint density at radius 2 is 1.94 bits per heavy atom. The molecule has 1 fully saturated rings. The van der Waals surface area contributed by atoms with Crippen LogP contribution in [0.3, 0.4) is 0 Å². The van der Waals surface area contributed by atoms with Gasteiger partial charge in [-0.3, -0.25) is 4.98 Å². The average molecular weight is 456 g/mol. The molecule has 0 saturated carbocycles. The van der Waals surface area contributed by atoms with Crippen molar-refractivity contribution < 1.29 is 4.42 Å². The highest BCUT2D eigenvalue weighted by atomic mass is 16.3. The summed E-state index contributed by atoms with van der Waals surface area (Å²) in [7, 11) is 0. The molecular formula is C26H29N7O. The second-order valence-electron chi connectivity index (χ2n) is 9.08. The van der Waals surface area contributed by atoms with Gasteiger partial charge in [-0.05, 0) is 62.2 Å². The Labute approximate surface area is 198 Å². The Morgan fingerprint density at radius 3 is 2.79 bits per heavy atom. The number of likely N-dealkylation sites (tertiary alicyclic amines) is 1. The largest absolute Gasteiger partial charge is 0.467 e. The number of rotatable bonds is 8. The van der Waals surface area contributed by atoms with E-state index in [0.717, 1.165) is 73.2 Å². The number of pyridine rings is 1. The lowest BCUT2D eigenvalue weighted by molar-refractivity contribution is 0.188. The van der Waals surface area contributed by atoms with Crippen LogP contribution in [0.2, 0.25) is 0 Å². The van der Waals surface area contributed by atoms with E-state index in [9.17, 15) is 0 Å². The van der Waals surface area contributed by atoms with Gasteiger partial charge in [-0.15, -0.1) is 0 Å². The van der Waals surface area contributed by atoms with Crippen LogP contribution < -0.4 is 5.32 Å². The molecule has 1 aliphatic heterocycles. The number of imidazole rings is 2. The number of fused-ring (bicyclic) bond motifs is 2. The van der Waals surface area contributed by atoms with Gasteiger partial charge in [-0.25, -0.2) is 9.97 Å². The van der Waals surface area contributed by atoms with Gasteiger partial charge in [-0.2, -0.15) is 0 Å². The van der Waals surface area contributed by atoms with E-state index < -0.39 is 0 Å². The molecule has 0 bridgehead atoms. The molecule has 0 spiro atoms. The zero-order valence-corrected chi connectivity index (χ0v) is 19.2. The summed E-state index contributed by atoms with van der Waals surface area (Å²) < 4.78 is 7.96. The van der Waals surface area contributed by atoms with Crippen molar-refractivity contribution in [3.63, 3.8) is 0 Å². The van der Waals surface area contributed by atoms with Gasteiger partial charge in [-0.1, -0.05) is 12.1 Å². The Morgan fingerprint density at radius 1 is 1.03 bits per heavy atom. The second kappa shape index (κ2) is 9.30. The summed E-state index contributed by atoms with van der Waals surface area (Å²) in [5.41, 5.74) is 4.15.